The number of nitrogens with two attached hydrogens (primary N) is 1. The Morgan fingerprint density at radius 2 is 2.35 bits per heavy atom. The zero-order valence-electron chi connectivity index (χ0n) is 12.1. The SMILES string of the molecule is CCC(N)C(c1ccc(Br)s1)N1CCCC(CCO)C1. The van der Waals surface area contributed by atoms with E-state index in [0.29, 0.717) is 18.6 Å². The second-order valence-electron chi connectivity index (χ2n) is 5.67. The largest absolute Gasteiger partial charge is 0.396 e. The lowest BCUT2D eigenvalue weighted by Gasteiger charge is -2.40. The number of aliphatic hydroxyl groups excluding tert-OH is 1. The molecule has 3 nitrogen and oxygen atoms in total. The Labute approximate surface area is 134 Å². The molecule has 0 aliphatic carbocycles. The average Bonchev–Trinajstić information content (AvgIpc) is 2.86. The van der Waals surface area contributed by atoms with Crippen molar-refractivity contribution in [3.63, 3.8) is 0 Å². The van der Waals surface area contributed by atoms with Gasteiger partial charge in [-0.1, -0.05) is 6.92 Å². The Kier molecular flexibility index (Phi) is 6.49. The second kappa shape index (κ2) is 7.90. The van der Waals surface area contributed by atoms with E-state index in [1.807, 2.05) is 0 Å². The van der Waals surface area contributed by atoms with E-state index in [1.165, 1.54) is 21.5 Å². The third-order valence-corrected chi connectivity index (χ3v) is 5.94. The van der Waals surface area contributed by atoms with Crippen LogP contribution in [0.15, 0.2) is 15.9 Å². The van der Waals surface area contributed by atoms with Gasteiger partial charge in [0.2, 0.25) is 0 Å². The van der Waals surface area contributed by atoms with Crippen LogP contribution in [0, 0.1) is 5.92 Å². The molecule has 1 saturated heterocycles. The van der Waals surface area contributed by atoms with Crippen LogP contribution < -0.4 is 5.73 Å². The summed E-state index contributed by atoms with van der Waals surface area (Å²) in [6.07, 6.45) is 4.35. The molecule has 0 bridgehead atoms. The van der Waals surface area contributed by atoms with Crippen LogP contribution in [0.2, 0.25) is 0 Å². The summed E-state index contributed by atoms with van der Waals surface area (Å²) in [5.74, 6) is 0.615. The number of rotatable bonds is 6. The zero-order chi connectivity index (χ0) is 14.5. The van der Waals surface area contributed by atoms with Gasteiger partial charge in [0.15, 0.2) is 0 Å². The Balaban J connectivity index is 2.14. The molecule has 1 aliphatic heterocycles. The van der Waals surface area contributed by atoms with Gasteiger partial charge < -0.3 is 10.8 Å². The summed E-state index contributed by atoms with van der Waals surface area (Å²) in [5, 5.41) is 9.17. The number of nitrogens with zero attached hydrogens (tertiary/aromatic N) is 1. The van der Waals surface area contributed by atoms with E-state index in [-0.39, 0.29) is 6.04 Å². The Bertz CT molecular complexity index is 410. The molecule has 3 atom stereocenters. The molecule has 0 saturated carbocycles. The third kappa shape index (κ3) is 4.04. The lowest BCUT2D eigenvalue weighted by Crippen LogP contribution is -2.45. The predicted molar refractivity (Wildman–Crippen MR) is 89.0 cm³/mol. The minimum atomic E-state index is 0.174. The molecular weight excluding hydrogens is 336 g/mol. The molecule has 2 heterocycles. The molecule has 3 unspecified atom stereocenters. The van der Waals surface area contributed by atoms with Gasteiger partial charge in [0, 0.05) is 24.1 Å². The smallest absolute Gasteiger partial charge is 0.0702 e. The molecule has 1 aromatic rings. The van der Waals surface area contributed by atoms with E-state index in [1.54, 1.807) is 11.3 Å². The first-order chi connectivity index (χ1) is 9.65. The lowest BCUT2D eigenvalue weighted by molar-refractivity contribution is 0.0947. The average molecular weight is 361 g/mol. The molecule has 5 heteroatoms. The predicted octanol–water partition coefficient (Wildman–Crippen LogP) is 3.38. The number of hydrogen-bond donors (Lipinski definition) is 2. The van der Waals surface area contributed by atoms with E-state index in [2.05, 4.69) is 39.9 Å². The van der Waals surface area contributed by atoms with Crippen LogP contribution in [0.4, 0.5) is 0 Å². The quantitative estimate of drug-likeness (QED) is 0.817. The summed E-state index contributed by atoms with van der Waals surface area (Å²) in [6.45, 7) is 4.65. The highest BCUT2D eigenvalue weighted by atomic mass is 79.9. The maximum Gasteiger partial charge on any atom is 0.0702 e. The fourth-order valence-electron chi connectivity index (χ4n) is 3.14. The van der Waals surface area contributed by atoms with E-state index < -0.39 is 0 Å². The van der Waals surface area contributed by atoms with E-state index in [4.69, 9.17) is 5.73 Å². The Morgan fingerprint density at radius 1 is 1.55 bits per heavy atom. The fourth-order valence-corrected chi connectivity index (χ4v) is 4.78. The van der Waals surface area contributed by atoms with Crippen molar-refractivity contribution in [1.29, 1.82) is 0 Å². The van der Waals surface area contributed by atoms with Crippen molar-refractivity contribution >= 4 is 27.3 Å². The Morgan fingerprint density at radius 3 is 2.95 bits per heavy atom. The number of halogens is 1. The highest BCUT2D eigenvalue weighted by Crippen LogP contribution is 2.35. The number of hydrogen-bond acceptors (Lipinski definition) is 4. The van der Waals surface area contributed by atoms with Crippen LogP contribution in [0.1, 0.15) is 43.5 Å². The second-order valence-corrected chi connectivity index (χ2v) is 8.17. The van der Waals surface area contributed by atoms with Crippen LogP contribution in [0.5, 0.6) is 0 Å². The van der Waals surface area contributed by atoms with Gasteiger partial charge in [0.1, 0.15) is 0 Å². The number of thiophene rings is 1. The van der Waals surface area contributed by atoms with Crippen LogP contribution in [-0.2, 0) is 0 Å². The van der Waals surface area contributed by atoms with Gasteiger partial charge >= 0.3 is 0 Å². The molecular formula is C15H25BrN2OS. The minimum absolute atomic E-state index is 0.174. The van der Waals surface area contributed by atoms with Gasteiger partial charge in [0.05, 0.1) is 9.83 Å². The fraction of sp³-hybridized carbons (Fsp3) is 0.733. The third-order valence-electron chi connectivity index (χ3n) is 4.24. The van der Waals surface area contributed by atoms with Crippen LogP contribution >= 0.6 is 27.3 Å². The van der Waals surface area contributed by atoms with E-state index in [9.17, 15) is 5.11 Å². The Hall–Kier alpha value is 0.0600. The van der Waals surface area contributed by atoms with E-state index in [0.717, 1.165) is 25.9 Å². The first-order valence-electron chi connectivity index (χ1n) is 7.51. The lowest BCUT2D eigenvalue weighted by atomic mass is 9.92. The molecule has 1 aliphatic rings. The van der Waals surface area contributed by atoms with Crippen molar-refractivity contribution in [3.05, 3.63) is 20.8 Å². The first-order valence-corrected chi connectivity index (χ1v) is 9.12. The van der Waals surface area contributed by atoms with E-state index >= 15 is 0 Å². The molecule has 0 radical (unpaired) electrons. The van der Waals surface area contributed by atoms with Crippen LogP contribution in [-0.4, -0.2) is 35.7 Å². The molecule has 2 rings (SSSR count). The minimum Gasteiger partial charge on any atom is -0.396 e. The standard InChI is InChI=1S/C15H25BrN2OS/c1-2-12(17)15(13-5-6-14(16)20-13)18-8-3-4-11(10-18)7-9-19/h5-6,11-12,15,19H,2-4,7-10,17H2,1H3. The summed E-state index contributed by atoms with van der Waals surface area (Å²) < 4.78 is 1.17. The van der Waals surface area contributed by atoms with Crippen LogP contribution in [0.25, 0.3) is 0 Å². The van der Waals surface area contributed by atoms with Crippen molar-refractivity contribution in [2.24, 2.45) is 11.7 Å². The molecule has 1 aromatic heterocycles. The number of likely N-dealkylation sites (tertiary alicyclic amines) is 1. The molecule has 1 fully saturated rings. The van der Waals surface area contributed by atoms with Gasteiger partial charge in [-0.25, -0.2) is 0 Å². The van der Waals surface area contributed by atoms with Gasteiger partial charge in [-0.2, -0.15) is 0 Å². The van der Waals surface area contributed by atoms with Crippen molar-refractivity contribution in [2.45, 2.75) is 44.7 Å². The van der Waals surface area contributed by atoms with Gasteiger partial charge in [-0.3, -0.25) is 4.90 Å². The number of piperidine rings is 1. The van der Waals surface area contributed by atoms with Crippen molar-refractivity contribution in [1.82, 2.24) is 4.90 Å². The first kappa shape index (κ1) is 16.4. The summed E-state index contributed by atoms with van der Waals surface area (Å²) >= 11 is 5.35. The normalized spacial score (nSPS) is 23.7. The summed E-state index contributed by atoms with van der Waals surface area (Å²) in [5.41, 5.74) is 6.41. The highest BCUT2D eigenvalue weighted by Gasteiger charge is 2.30. The molecule has 3 N–H and O–H groups in total. The molecule has 20 heavy (non-hydrogen) atoms. The van der Waals surface area contributed by atoms with Crippen LogP contribution in [0.3, 0.4) is 0 Å². The van der Waals surface area contributed by atoms with Gasteiger partial charge in [-0.15, -0.1) is 11.3 Å². The number of aliphatic hydroxyl groups is 1. The molecule has 0 amide bonds. The van der Waals surface area contributed by atoms with Gasteiger partial charge in [0.25, 0.3) is 0 Å². The molecule has 114 valence electrons. The highest BCUT2D eigenvalue weighted by molar-refractivity contribution is 9.11. The summed E-state index contributed by atoms with van der Waals surface area (Å²) in [7, 11) is 0. The topological polar surface area (TPSA) is 49.5 Å². The van der Waals surface area contributed by atoms with Gasteiger partial charge in [-0.05, 0) is 66.2 Å². The van der Waals surface area contributed by atoms with Crippen molar-refractivity contribution in [3.8, 4) is 0 Å². The zero-order valence-corrected chi connectivity index (χ0v) is 14.5. The molecule has 0 aromatic carbocycles. The maximum atomic E-state index is 9.17. The van der Waals surface area contributed by atoms with Crippen molar-refractivity contribution < 1.29 is 5.11 Å². The molecule has 0 spiro atoms. The van der Waals surface area contributed by atoms with Crippen molar-refractivity contribution in [2.75, 3.05) is 19.7 Å². The summed E-state index contributed by atoms with van der Waals surface area (Å²) in [4.78, 5) is 3.90. The monoisotopic (exact) mass is 360 g/mol. The summed E-state index contributed by atoms with van der Waals surface area (Å²) in [6, 6.07) is 4.81. The maximum absolute atomic E-state index is 9.17.